The van der Waals surface area contributed by atoms with Crippen LogP contribution in [0.3, 0.4) is 0 Å². The number of amides is 1. The third-order valence-electron chi connectivity index (χ3n) is 5.92. The molecule has 13 heteroatoms. The van der Waals surface area contributed by atoms with Crippen LogP contribution in [0, 0.1) is 6.92 Å². The smallest absolute Gasteiger partial charge is 0.379 e. The zero-order valence-electron chi connectivity index (χ0n) is 18.6. The van der Waals surface area contributed by atoms with Crippen LogP contribution in [-0.4, -0.2) is 64.2 Å². The highest BCUT2D eigenvalue weighted by Crippen LogP contribution is 2.34. The molecule has 1 amide bonds. The maximum atomic E-state index is 12.6. The van der Waals surface area contributed by atoms with Gasteiger partial charge in [-0.1, -0.05) is 0 Å². The highest BCUT2D eigenvalue weighted by molar-refractivity contribution is 6.03. The molecular weight excluding hydrogens is 441 g/mol. The first kappa shape index (κ1) is 23.0. The van der Waals surface area contributed by atoms with Gasteiger partial charge in [0.15, 0.2) is 11.5 Å². The van der Waals surface area contributed by atoms with E-state index in [1.165, 1.54) is 0 Å². The lowest BCUT2D eigenvalue weighted by Crippen LogP contribution is -2.53. The predicted octanol–water partition coefficient (Wildman–Crippen LogP) is 2.44. The monoisotopic (exact) mass is 466 g/mol. The zero-order chi connectivity index (χ0) is 23.9. The molecule has 1 aliphatic heterocycles. The SMILES string of the molecule is CO[C@H](C)[C@H]1C(=O)Nc2c(C)nc(NC3CC(Nc4cnc(C(F)(F)F)cn4)C3)nc2N1C. The van der Waals surface area contributed by atoms with E-state index in [1.54, 1.807) is 26.0 Å². The van der Waals surface area contributed by atoms with E-state index in [0.717, 1.165) is 6.20 Å². The van der Waals surface area contributed by atoms with Gasteiger partial charge < -0.3 is 25.6 Å². The summed E-state index contributed by atoms with van der Waals surface area (Å²) in [4.78, 5) is 30.6. The van der Waals surface area contributed by atoms with Crippen molar-refractivity contribution in [2.24, 2.45) is 0 Å². The number of rotatable bonds is 6. The number of fused-ring (bicyclic) bond motifs is 1. The van der Waals surface area contributed by atoms with Crippen LogP contribution in [0.2, 0.25) is 0 Å². The Hall–Kier alpha value is -3.22. The summed E-state index contributed by atoms with van der Waals surface area (Å²) >= 11 is 0. The highest BCUT2D eigenvalue weighted by Gasteiger charge is 2.38. The second-order valence-electron chi connectivity index (χ2n) is 8.26. The number of alkyl halides is 3. The summed E-state index contributed by atoms with van der Waals surface area (Å²) < 4.78 is 43.2. The summed E-state index contributed by atoms with van der Waals surface area (Å²) in [6.45, 7) is 3.62. The van der Waals surface area contributed by atoms with Crippen LogP contribution in [0.4, 0.5) is 36.4 Å². The van der Waals surface area contributed by atoms with E-state index in [9.17, 15) is 18.0 Å². The summed E-state index contributed by atoms with van der Waals surface area (Å²) in [6, 6.07) is -0.396. The van der Waals surface area contributed by atoms with Gasteiger partial charge in [-0.15, -0.1) is 0 Å². The minimum Gasteiger partial charge on any atom is -0.379 e. The number of hydrogen-bond donors (Lipinski definition) is 3. The van der Waals surface area contributed by atoms with Crippen molar-refractivity contribution >= 4 is 29.2 Å². The minimum absolute atomic E-state index is 0.0427. The molecule has 3 heterocycles. The average Bonchev–Trinajstić information content (AvgIpc) is 2.72. The third kappa shape index (κ3) is 4.63. The van der Waals surface area contributed by atoms with E-state index in [-0.39, 0.29) is 24.1 Å². The van der Waals surface area contributed by atoms with Crippen LogP contribution in [0.5, 0.6) is 0 Å². The van der Waals surface area contributed by atoms with E-state index >= 15 is 0 Å². The highest BCUT2D eigenvalue weighted by atomic mass is 19.4. The topological polar surface area (TPSA) is 117 Å². The molecule has 2 atom stereocenters. The van der Waals surface area contributed by atoms with Gasteiger partial charge in [0.2, 0.25) is 11.9 Å². The largest absolute Gasteiger partial charge is 0.434 e. The van der Waals surface area contributed by atoms with Crippen molar-refractivity contribution in [2.75, 3.05) is 35.0 Å². The van der Waals surface area contributed by atoms with Crippen molar-refractivity contribution in [3.05, 3.63) is 23.8 Å². The fraction of sp³-hybridized carbons (Fsp3) is 0.550. The first-order valence-corrected chi connectivity index (χ1v) is 10.4. The van der Waals surface area contributed by atoms with Crippen molar-refractivity contribution in [1.82, 2.24) is 19.9 Å². The molecule has 3 N–H and O–H groups in total. The molecule has 178 valence electrons. The van der Waals surface area contributed by atoms with Crippen LogP contribution in [0.25, 0.3) is 0 Å². The lowest BCUT2D eigenvalue weighted by atomic mass is 9.87. The summed E-state index contributed by atoms with van der Waals surface area (Å²) in [5.41, 5.74) is 0.186. The molecular formula is C20H25F3N8O2. The Morgan fingerprint density at radius 3 is 2.48 bits per heavy atom. The van der Waals surface area contributed by atoms with E-state index in [1.807, 2.05) is 6.92 Å². The van der Waals surface area contributed by atoms with Crippen molar-refractivity contribution in [1.29, 1.82) is 0 Å². The molecule has 0 radical (unpaired) electrons. The van der Waals surface area contributed by atoms with Gasteiger partial charge in [-0.3, -0.25) is 4.79 Å². The Morgan fingerprint density at radius 1 is 1.18 bits per heavy atom. The molecule has 2 aromatic heterocycles. The number of carbonyl (C=O) groups excluding carboxylic acids is 1. The van der Waals surface area contributed by atoms with E-state index < -0.39 is 17.9 Å². The van der Waals surface area contributed by atoms with Crippen LogP contribution < -0.4 is 20.9 Å². The number of halogens is 3. The molecule has 0 unspecified atom stereocenters. The summed E-state index contributed by atoms with van der Waals surface area (Å²) in [6.07, 6.45) is -1.63. The normalized spacial score (nSPS) is 23.3. The predicted molar refractivity (Wildman–Crippen MR) is 115 cm³/mol. The molecule has 2 aliphatic rings. The average molecular weight is 466 g/mol. The van der Waals surface area contributed by atoms with Gasteiger partial charge in [-0.2, -0.15) is 18.2 Å². The van der Waals surface area contributed by atoms with E-state index in [4.69, 9.17) is 4.74 Å². The fourth-order valence-corrected chi connectivity index (χ4v) is 3.98. The third-order valence-corrected chi connectivity index (χ3v) is 5.92. The Bertz CT molecular complexity index is 1030. The first-order valence-electron chi connectivity index (χ1n) is 10.4. The van der Waals surface area contributed by atoms with Gasteiger partial charge in [-0.25, -0.2) is 15.0 Å². The van der Waals surface area contributed by atoms with Crippen molar-refractivity contribution in [3.63, 3.8) is 0 Å². The maximum Gasteiger partial charge on any atom is 0.434 e. The van der Waals surface area contributed by atoms with Crippen molar-refractivity contribution in [2.45, 2.75) is 57.1 Å². The number of nitrogens with zero attached hydrogens (tertiary/aromatic N) is 5. The van der Waals surface area contributed by atoms with E-state index in [0.29, 0.717) is 48.0 Å². The summed E-state index contributed by atoms with van der Waals surface area (Å²) in [5.74, 6) is 1.16. The number of likely N-dealkylation sites (N-methyl/N-ethyl adjacent to an activating group) is 1. The molecule has 0 spiro atoms. The second kappa shape index (κ2) is 8.61. The molecule has 10 nitrogen and oxygen atoms in total. The van der Waals surface area contributed by atoms with Crippen molar-refractivity contribution < 1.29 is 22.7 Å². The number of aryl methyl sites for hydroxylation is 1. The number of hydrogen-bond acceptors (Lipinski definition) is 9. The number of ether oxygens (including phenoxy) is 1. The lowest BCUT2D eigenvalue weighted by molar-refractivity contribution is -0.141. The fourth-order valence-electron chi connectivity index (χ4n) is 3.98. The minimum atomic E-state index is -4.51. The van der Waals surface area contributed by atoms with Crippen LogP contribution in [0.15, 0.2) is 12.4 Å². The van der Waals surface area contributed by atoms with Crippen LogP contribution >= 0.6 is 0 Å². The number of anilines is 4. The Balaban J connectivity index is 1.38. The molecule has 1 aliphatic carbocycles. The molecule has 0 bridgehead atoms. The molecule has 0 saturated heterocycles. The molecule has 0 aromatic carbocycles. The number of carbonyl (C=O) groups is 1. The number of nitrogens with one attached hydrogen (secondary N) is 3. The van der Waals surface area contributed by atoms with Gasteiger partial charge in [0.05, 0.1) is 24.2 Å². The summed E-state index contributed by atoms with van der Waals surface area (Å²) in [5, 5.41) is 9.24. The Kier molecular flexibility index (Phi) is 5.99. The molecule has 33 heavy (non-hydrogen) atoms. The Morgan fingerprint density at radius 2 is 1.88 bits per heavy atom. The van der Waals surface area contributed by atoms with Crippen LogP contribution in [0.1, 0.15) is 31.2 Å². The van der Waals surface area contributed by atoms with Gasteiger partial charge in [0.25, 0.3) is 0 Å². The van der Waals surface area contributed by atoms with Crippen molar-refractivity contribution in [3.8, 4) is 0 Å². The second-order valence-corrected chi connectivity index (χ2v) is 8.26. The first-order chi connectivity index (χ1) is 15.6. The summed E-state index contributed by atoms with van der Waals surface area (Å²) in [7, 11) is 3.35. The Labute approximate surface area is 188 Å². The quantitative estimate of drug-likeness (QED) is 0.590. The lowest BCUT2D eigenvalue weighted by Gasteiger charge is -2.38. The number of aromatic nitrogens is 4. The van der Waals surface area contributed by atoms with Gasteiger partial charge in [-0.05, 0) is 26.7 Å². The maximum absolute atomic E-state index is 12.6. The molecule has 2 aromatic rings. The van der Waals surface area contributed by atoms with Gasteiger partial charge >= 0.3 is 6.18 Å². The van der Waals surface area contributed by atoms with Gasteiger partial charge in [0, 0.05) is 26.2 Å². The molecule has 1 fully saturated rings. The van der Waals surface area contributed by atoms with Crippen LogP contribution in [-0.2, 0) is 15.7 Å². The number of methoxy groups -OCH3 is 1. The van der Waals surface area contributed by atoms with E-state index in [2.05, 4.69) is 35.9 Å². The molecule has 4 rings (SSSR count). The molecule has 1 saturated carbocycles. The standard InChI is InChI=1S/C20H25F3N8O2/c1-9-15-17(31(3)16(10(2)33-4)18(32)29-15)30-19(26-9)28-12-5-11(6-12)27-14-8-24-13(7-25-14)20(21,22)23/h7-8,10-12,16H,5-6H2,1-4H3,(H,25,27)(H,29,32)(H,26,28,30)/t10-,11?,12?,16+/m1/s1. The zero-order valence-corrected chi connectivity index (χ0v) is 18.6. The van der Waals surface area contributed by atoms with Gasteiger partial charge in [0.1, 0.15) is 17.5 Å².